The van der Waals surface area contributed by atoms with E-state index in [2.05, 4.69) is 20.0 Å². The van der Waals surface area contributed by atoms with Gasteiger partial charge in [-0.2, -0.15) is 13.2 Å². The first-order chi connectivity index (χ1) is 9.81. The molecule has 9 heteroatoms. The van der Waals surface area contributed by atoms with Gasteiger partial charge in [0.2, 0.25) is 0 Å². The number of hydrogen-bond donors (Lipinski definition) is 1. The normalized spacial score (nSPS) is 11.5. The first-order valence-corrected chi connectivity index (χ1v) is 6.21. The summed E-state index contributed by atoms with van der Waals surface area (Å²) in [5.41, 5.74) is 0.0664. The zero-order chi connectivity index (χ0) is 15.9. The summed E-state index contributed by atoms with van der Waals surface area (Å²) in [5.74, 6) is -0.229. The zero-order valence-electron chi connectivity index (χ0n) is 11.8. The van der Waals surface area contributed by atoms with Crippen molar-refractivity contribution < 1.29 is 22.7 Å². The van der Waals surface area contributed by atoms with Gasteiger partial charge >= 0.3 is 12.1 Å². The monoisotopic (exact) mass is 306 g/mol. The van der Waals surface area contributed by atoms with Crippen LogP contribution in [0.15, 0.2) is 12.4 Å². The van der Waals surface area contributed by atoms with Gasteiger partial charge in [-0.1, -0.05) is 0 Å². The highest BCUT2D eigenvalue weighted by Crippen LogP contribution is 2.15. The van der Waals surface area contributed by atoms with Gasteiger partial charge in [-0.15, -0.1) is 0 Å². The number of aromatic nitrogens is 2. The minimum atomic E-state index is -4.19. The molecule has 0 saturated carbocycles. The van der Waals surface area contributed by atoms with E-state index in [9.17, 15) is 18.0 Å². The molecule has 0 spiro atoms. The summed E-state index contributed by atoms with van der Waals surface area (Å²) >= 11 is 0. The van der Waals surface area contributed by atoms with Gasteiger partial charge in [0.05, 0.1) is 26.0 Å². The summed E-state index contributed by atoms with van der Waals surface area (Å²) < 4.78 is 40.9. The molecule has 1 aromatic heterocycles. The Morgan fingerprint density at radius 3 is 2.76 bits per heavy atom. The Morgan fingerprint density at radius 1 is 1.43 bits per heavy atom. The molecule has 1 rings (SSSR count). The average Bonchev–Trinajstić information content (AvgIpc) is 2.41. The molecule has 0 aliphatic carbocycles. The van der Waals surface area contributed by atoms with Crippen LogP contribution in [0.5, 0.6) is 0 Å². The second kappa shape index (κ2) is 7.77. The van der Waals surface area contributed by atoms with Crippen LogP contribution in [0.1, 0.15) is 16.9 Å². The third-order valence-electron chi connectivity index (χ3n) is 2.50. The fourth-order valence-electron chi connectivity index (χ4n) is 1.60. The van der Waals surface area contributed by atoms with Gasteiger partial charge in [0.1, 0.15) is 5.82 Å². The molecule has 0 amide bonds. The smallest absolute Gasteiger partial charge is 0.401 e. The molecule has 21 heavy (non-hydrogen) atoms. The number of nitrogens with zero attached hydrogens (tertiary/aromatic N) is 3. The number of carbonyl (C=O) groups excluding carboxylic acids is 1. The lowest BCUT2D eigenvalue weighted by Gasteiger charge is -2.18. The number of ether oxygens (including phenoxy) is 1. The topological polar surface area (TPSA) is 67.3 Å². The van der Waals surface area contributed by atoms with Crippen LogP contribution in [0.25, 0.3) is 0 Å². The number of hydrogen-bond acceptors (Lipinski definition) is 6. The Hall–Kier alpha value is -1.90. The molecule has 0 aliphatic rings. The highest BCUT2D eigenvalue weighted by molar-refractivity contribution is 5.87. The molecule has 1 heterocycles. The Bertz CT molecular complexity index is 468. The van der Waals surface area contributed by atoms with E-state index in [0.29, 0.717) is 18.8 Å². The summed E-state index contributed by atoms with van der Waals surface area (Å²) in [4.78, 5) is 20.3. The second-order valence-corrected chi connectivity index (χ2v) is 4.41. The molecular weight excluding hydrogens is 289 g/mol. The van der Waals surface area contributed by atoms with Crippen molar-refractivity contribution in [2.45, 2.75) is 12.6 Å². The SMILES string of the molecule is COC(=O)c1cncc(NCCCN(C)CC(F)(F)F)n1. The third kappa shape index (κ3) is 6.89. The predicted molar refractivity (Wildman–Crippen MR) is 70.0 cm³/mol. The summed E-state index contributed by atoms with van der Waals surface area (Å²) in [7, 11) is 2.64. The van der Waals surface area contributed by atoms with Gasteiger partial charge in [0.25, 0.3) is 0 Å². The molecule has 1 N–H and O–H groups in total. The van der Waals surface area contributed by atoms with E-state index < -0.39 is 18.7 Å². The molecule has 118 valence electrons. The molecule has 0 bridgehead atoms. The Kier molecular flexibility index (Phi) is 6.35. The summed E-state index contributed by atoms with van der Waals surface area (Å²) in [5, 5.41) is 2.89. The Morgan fingerprint density at radius 2 is 2.14 bits per heavy atom. The molecule has 0 aliphatic heterocycles. The van der Waals surface area contributed by atoms with E-state index in [-0.39, 0.29) is 12.2 Å². The number of esters is 1. The van der Waals surface area contributed by atoms with Gasteiger partial charge < -0.3 is 10.1 Å². The number of alkyl halides is 3. The van der Waals surface area contributed by atoms with Crippen molar-refractivity contribution in [2.24, 2.45) is 0 Å². The molecule has 0 aromatic carbocycles. The van der Waals surface area contributed by atoms with Crippen molar-refractivity contribution in [3.63, 3.8) is 0 Å². The van der Waals surface area contributed by atoms with Gasteiger partial charge in [-0.3, -0.25) is 9.88 Å². The van der Waals surface area contributed by atoms with Crippen molar-refractivity contribution in [3.05, 3.63) is 18.1 Å². The highest BCUT2D eigenvalue weighted by Gasteiger charge is 2.28. The van der Waals surface area contributed by atoms with Gasteiger partial charge in [0, 0.05) is 6.54 Å². The van der Waals surface area contributed by atoms with E-state index in [1.54, 1.807) is 0 Å². The molecule has 1 aromatic rings. The number of methoxy groups -OCH3 is 1. The first kappa shape index (κ1) is 17.2. The molecule has 0 unspecified atom stereocenters. The largest absolute Gasteiger partial charge is 0.464 e. The standard InChI is InChI=1S/C12H17F3N4O2/c1-19(8-12(13,14)15)5-3-4-17-10-7-16-6-9(18-10)11(20)21-2/h6-7H,3-5,8H2,1-2H3,(H,17,18). The highest BCUT2D eigenvalue weighted by atomic mass is 19.4. The van der Waals surface area contributed by atoms with Gasteiger partial charge in [0.15, 0.2) is 5.69 Å². The zero-order valence-corrected chi connectivity index (χ0v) is 11.8. The van der Waals surface area contributed by atoms with Crippen molar-refractivity contribution in [3.8, 4) is 0 Å². The summed E-state index contributed by atoms with van der Waals surface area (Å²) in [6.07, 6.45) is -1.00. The third-order valence-corrected chi connectivity index (χ3v) is 2.50. The maximum Gasteiger partial charge on any atom is 0.401 e. The molecule has 0 radical (unpaired) electrons. The minimum Gasteiger partial charge on any atom is -0.464 e. The fourth-order valence-corrected chi connectivity index (χ4v) is 1.60. The molecule has 0 saturated heterocycles. The van der Waals surface area contributed by atoms with Gasteiger partial charge in [-0.25, -0.2) is 9.78 Å². The van der Waals surface area contributed by atoms with E-state index in [0.717, 1.165) is 0 Å². The molecule has 0 atom stereocenters. The average molecular weight is 306 g/mol. The number of anilines is 1. The quantitative estimate of drug-likeness (QED) is 0.609. The van der Waals surface area contributed by atoms with Crippen LogP contribution >= 0.6 is 0 Å². The lowest BCUT2D eigenvalue weighted by molar-refractivity contribution is -0.142. The Labute approximate surface area is 120 Å². The van der Waals surface area contributed by atoms with Crippen molar-refractivity contribution in [1.82, 2.24) is 14.9 Å². The maximum atomic E-state index is 12.1. The minimum absolute atomic E-state index is 0.0664. The Balaban J connectivity index is 2.34. The van der Waals surface area contributed by atoms with Crippen LogP contribution in [0.2, 0.25) is 0 Å². The molecule has 6 nitrogen and oxygen atoms in total. The first-order valence-electron chi connectivity index (χ1n) is 6.21. The van der Waals surface area contributed by atoms with Crippen LogP contribution in [-0.4, -0.2) is 60.8 Å². The van der Waals surface area contributed by atoms with Crippen molar-refractivity contribution in [1.29, 1.82) is 0 Å². The van der Waals surface area contributed by atoms with Crippen molar-refractivity contribution >= 4 is 11.8 Å². The number of rotatable bonds is 7. The number of nitrogens with one attached hydrogen (secondary N) is 1. The molecular formula is C12H17F3N4O2. The lowest BCUT2D eigenvalue weighted by Crippen LogP contribution is -2.32. The van der Waals surface area contributed by atoms with Gasteiger partial charge in [-0.05, 0) is 20.0 Å². The number of carbonyl (C=O) groups is 1. The predicted octanol–water partition coefficient (Wildman–Crippen LogP) is 1.56. The van der Waals surface area contributed by atoms with Crippen LogP contribution in [0.4, 0.5) is 19.0 Å². The van der Waals surface area contributed by atoms with Crippen LogP contribution in [-0.2, 0) is 4.74 Å². The van der Waals surface area contributed by atoms with Crippen LogP contribution < -0.4 is 5.32 Å². The number of halogens is 3. The lowest BCUT2D eigenvalue weighted by atomic mass is 10.3. The van der Waals surface area contributed by atoms with E-state index in [1.807, 2.05) is 0 Å². The van der Waals surface area contributed by atoms with E-state index >= 15 is 0 Å². The second-order valence-electron chi connectivity index (χ2n) is 4.41. The molecule has 0 fully saturated rings. The summed E-state index contributed by atoms with van der Waals surface area (Å²) in [6, 6.07) is 0. The van der Waals surface area contributed by atoms with Crippen LogP contribution in [0.3, 0.4) is 0 Å². The summed E-state index contributed by atoms with van der Waals surface area (Å²) in [6.45, 7) is -0.233. The fraction of sp³-hybridized carbons (Fsp3) is 0.583. The van der Waals surface area contributed by atoms with E-state index in [1.165, 1.54) is 31.5 Å². The van der Waals surface area contributed by atoms with E-state index in [4.69, 9.17) is 0 Å². The maximum absolute atomic E-state index is 12.1. The van der Waals surface area contributed by atoms with Crippen molar-refractivity contribution in [2.75, 3.05) is 39.1 Å². The van der Waals surface area contributed by atoms with Crippen LogP contribution in [0, 0.1) is 0 Å².